The summed E-state index contributed by atoms with van der Waals surface area (Å²) in [6, 6.07) is 7.72. The summed E-state index contributed by atoms with van der Waals surface area (Å²) < 4.78 is 16.0. The van der Waals surface area contributed by atoms with Gasteiger partial charge in [-0.3, -0.25) is 14.9 Å². The van der Waals surface area contributed by atoms with Gasteiger partial charge in [-0.15, -0.1) is 0 Å². The summed E-state index contributed by atoms with van der Waals surface area (Å²) in [6.45, 7) is 0.146. The summed E-state index contributed by atoms with van der Waals surface area (Å²) in [5, 5.41) is 27.1. The number of rotatable bonds is 9. The normalized spacial score (nSPS) is 17.7. The molecule has 1 fully saturated rings. The van der Waals surface area contributed by atoms with Crippen LogP contribution >= 0.6 is 0 Å². The Morgan fingerprint density at radius 2 is 1.70 bits per heavy atom. The van der Waals surface area contributed by atoms with Gasteiger partial charge in [-0.05, 0) is 49.4 Å². The van der Waals surface area contributed by atoms with Gasteiger partial charge in [0.2, 0.25) is 5.75 Å². The number of aliphatic hydroxyl groups is 1. The molecule has 1 aliphatic rings. The average molecular weight is 459 g/mol. The second-order valence-corrected chi connectivity index (χ2v) is 7.85. The zero-order valence-electron chi connectivity index (χ0n) is 18.9. The first kappa shape index (κ1) is 24.1. The summed E-state index contributed by atoms with van der Waals surface area (Å²) in [4.78, 5) is 23.8. The van der Waals surface area contributed by atoms with Crippen molar-refractivity contribution in [3.8, 4) is 17.2 Å². The van der Waals surface area contributed by atoms with Crippen molar-refractivity contribution in [2.24, 2.45) is 0 Å². The minimum atomic E-state index is -0.531. The van der Waals surface area contributed by atoms with Gasteiger partial charge in [0.15, 0.2) is 11.5 Å². The smallest absolute Gasteiger partial charge is 0.270 e. The van der Waals surface area contributed by atoms with Crippen LogP contribution in [0.2, 0.25) is 0 Å². The molecule has 0 atom stereocenters. The second-order valence-electron chi connectivity index (χ2n) is 7.85. The highest BCUT2D eigenvalue weighted by Gasteiger charge is 2.23. The molecule has 10 heteroatoms. The van der Waals surface area contributed by atoms with Crippen LogP contribution in [0.25, 0.3) is 0 Å². The van der Waals surface area contributed by atoms with Crippen molar-refractivity contribution in [1.29, 1.82) is 0 Å². The third-order valence-corrected chi connectivity index (χ3v) is 5.69. The maximum atomic E-state index is 13.0. The Morgan fingerprint density at radius 1 is 1.06 bits per heavy atom. The molecule has 0 heterocycles. The van der Waals surface area contributed by atoms with E-state index in [1.807, 2.05) is 0 Å². The summed E-state index contributed by atoms with van der Waals surface area (Å²) >= 11 is 0. The van der Waals surface area contributed by atoms with Gasteiger partial charge in [-0.1, -0.05) is 0 Å². The quantitative estimate of drug-likeness (QED) is 0.385. The van der Waals surface area contributed by atoms with Crippen molar-refractivity contribution in [3.63, 3.8) is 0 Å². The predicted molar refractivity (Wildman–Crippen MR) is 122 cm³/mol. The number of nitro groups is 1. The van der Waals surface area contributed by atoms with E-state index in [-0.39, 0.29) is 29.9 Å². The maximum absolute atomic E-state index is 13.0. The molecule has 2 aromatic carbocycles. The van der Waals surface area contributed by atoms with E-state index in [9.17, 15) is 20.0 Å². The van der Waals surface area contributed by atoms with Crippen molar-refractivity contribution in [3.05, 3.63) is 51.6 Å². The predicted octanol–water partition coefficient (Wildman–Crippen LogP) is 3.27. The molecule has 0 saturated heterocycles. The van der Waals surface area contributed by atoms with Crippen LogP contribution in [0.3, 0.4) is 0 Å². The number of ether oxygens (including phenoxy) is 3. The average Bonchev–Trinajstić information content (AvgIpc) is 2.83. The number of benzene rings is 2. The molecule has 0 spiro atoms. The van der Waals surface area contributed by atoms with Crippen LogP contribution < -0.4 is 24.8 Å². The Balaban J connectivity index is 1.80. The first-order chi connectivity index (χ1) is 15.9. The molecule has 0 aromatic heterocycles. The molecule has 1 saturated carbocycles. The van der Waals surface area contributed by atoms with Crippen molar-refractivity contribution in [2.45, 2.75) is 44.4 Å². The summed E-state index contributed by atoms with van der Waals surface area (Å²) in [5.74, 6) is 0.903. The van der Waals surface area contributed by atoms with Crippen molar-refractivity contribution in [1.82, 2.24) is 5.32 Å². The lowest BCUT2D eigenvalue weighted by Crippen LogP contribution is -2.30. The Morgan fingerprint density at radius 3 is 2.24 bits per heavy atom. The molecule has 33 heavy (non-hydrogen) atoms. The van der Waals surface area contributed by atoms with Crippen LogP contribution in [0.15, 0.2) is 30.3 Å². The molecular formula is C23H29N3O7. The fraction of sp³-hybridized carbons (Fsp3) is 0.435. The first-order valence-corrected chi connectivity index (χ1v) is 10.7. The first-order valence-electron chi connectivity index (χ1n) is 10.7. The number of amides is 1. The highest BCUT2D eigenvalue weighted by atomic mass is 16.6. The molecule has 0 bridgehead atoms. The highest BCUT2D eigenvalue weighted by Crippen LogP contribution is 2.38. The number of nitrogens with zero attached hydrogens (tertiary/aromatic N) is 1. The fourth-order valence-corrected chi connectivity index (χ4v) is 3.91. The minimum Gasteiger partial charge on any atom is -0.493 e. The van der Waals surface area contributed by atoms with Crippen LogP contribution in [0.4, 0.5) is 11.4 Å². The number of anilines is 1. The topological polar surface area (TPSA) is 132 Å². The molecule has 0 unspecified atom stereocenters. The number of nitrogens with one attached hydrogen (secondary N) is 2. The Kier molecular flexibility index (Phi) is 7.94. The maximum Gasteiger partial charge on any atom is 0.270 e. The molecule has 2 aromatic rings. The molecule has 10 nitrogen and oxygen atoms in total. The van der Waals surface area contributed by atoms with Crippen LogP contribution in [-0.4, -0.2) is 49.4 Å². The molecule has 178 valence electrons. The zero-order valence-corrected chi connectivity index (χ0v) is 18.9. The SMILES string of the molecule is COc1cc(CNC(=O)c2cc([N+](=O)[O-])ccc2N[C@H]2CC[C@@H](O)CC2)cc(OC)c1OC. The van der Waals surface area contributed by atoms with E-state index < -0.39 is 10.8 Å². The van der Waals surface area contributed by atoms with E-state index in [1.165, 1.54) is 33.5 Å². The molecule has 3 N–H and O–H groups in total. The minimum absolute atomic E-state index is 0.0801. The van der Waals surface area contributed by atoms with Crippen LogP contribution in [-0.2, 0) is 6.54 Å². The van der Waals surface area contributed by atoms with Crippen LogP contribution in [0.1, 0.15) is 41.6 Å². The molecule has 1 aliphatic carbocycles. The van der Waals surface area contributed by atoms with Crippen molar-refractivity contribution in [2.75, 3.05) is 26.6 Å². The van der Waals surface area contributed by atoms with E-state index in [0.717, 1.165) is 12.8 Å². The number of carbonyl (C=O) groups is 1. The number of hydrogen-bond acceptors (Lipinski definition) is 8. The van der Waals surface area contributed by atoms with E-state index in [4.69, 9.17) is 14.2 Å². The Bertz CT molecular complexity index is 979. The number of nitro benzene ring substituents is 1. The van der Waals surface area contributed by atoms with Gasteiger partial charge in [0.25, 0.3) is 11.6 Å². The lowest BCUT2D eigenvalue weighted by Gasteiger charge is -2.27. The van der Waals surface area contributed by atoms with Gasteiger partial charge in [0.1, 0.15) is 0 Å². The highest BCUT2D eigenvalue weighted by molar-refractivity contribution is 6.00. The van der Waals surface area contributed by atoms with Gasteiger partial charge < -0.3 is 30.0 Å². The third-order valence-electron chi connectivity index (χ3n) is 5.69. The van der Waals surface area contributed by atoms with E-state index >= 15 is 0 Å². The summed E-state index contributed by atoms with van der Waals surface area (Å²) in [6.07, 6.45) is 2.55. The second kappa shape index (κ2) is 10.9. The van der Waals surface area contributed by atoms with Gasteiger partial charge in [-0.2, -0.15) is 0 Å². The standard InChI is InChI=1S/C23H29N3O7/c1-31-20-10-14(11-21(32-2)22(20)33-3)13-24-23(28)18-12-16(26(29)30)6-9-19(18)25-15-4-7-17(27)8-5-15/h6,9-12,15,17,25,27H,4-5,7-8,13H2,1-3H3,(H,24,28)/t15-,17+. The molecule has 0 radical (unpaired) electrons. The molecule has 1 amide bonds. The van der Waals surface area contributed by atoms with E-state index in [0.29, 0.717) is 41.3 Å². The third kappa shape index (κ3) is 5.83. The van der Waals surface area contributed by atoms with E-state index in [2.05, 4.69) is 10.6 Å². The monoisotopic (exact) mass is 459 g/mol. The van der Waals surface area contributed by atoms with Gasteiger partial charge >= 0.3 is 0 Å². The fourth-order valence-electron chi connectivity index (χ4n) is 3.91. The molecule has 3 rings (SSSR count). The summed E-state index contributed by atoms with van der Waals surface area (Å²) in [5.41, 5.74) is 1.24. The number of non-ortho nitro benzene ring substituents is 1. The lowest BCUT2D eigenvalue weighted by molar-refractivity contribution is -0.384. The number of carbonyl (C=O) groups excluding carboxylic acids is 1. The Labute approximate surface area is 192 Å². The largest absolute Gasteiger partial charge is 0.493 e. The van der Waals surface area contributed by atoms with Crippen molar-refractivity contribution >= 4 is 17.3 Å². The van der Waals surface area contributed by atoms with Crippen molar-refractivity contribution < 1.29 is 29.0 Å². The zero-order chi connectivity index (χ0) is 24.0. The number of hydrogen-bond donors (Lipinski definition) is 3. The van der Waals surface area contributed by atoms with Crippen LogP contribution in [0.5, 0.6) is 17.2 Å². The Hall–Kier alpha value is -3.53. The summed E-state index contributed by atoms with van der Waals surface area (Å²) in [7, 11) is 4.52. The lowest BCUT2D eigenvalue weighted by atomic mass is 9.92. The van der Waals surface area contributed by atoms with Gasteiger partial charge in [-0.25, -0.2) is 0 Å². The van der Waals surface area contributed by atoms with Crippen LogP contribution in [0, 0.1) is 10.1 Å². The van der Waals surface area contributed by atoms with E-state index in [1.54, 1.807) is 18.2 Å². The number of methoxy groups -OCH3 is 3. The molecular weight excluding hydrogens is 430 g/mol. The van der Waals surface area contributed by atoms with Gasteiger partial charge in [0.05, 0.1) is 37.9 Å². The molecule has 0 aliphatic heterocycles. The number of aliphatic hydroxyl groups excluding tert-OH is 1. The van der Waals surface area contributed by atoms with Gasteiger partial charge in [0, 0.05) is 30.4 Å².